The maximum absolute atomic E-state index is 14.4. The fourth-order valence-corrected chi connectivity index (χ4v) is 1.98. The Hall–Kier alpha value is -0.960. The Morgan fingerprint density at radius 2 is 2.43 bits per heavy atom. The Balaban J connectivity index is 2.22. The molecule has 3 heteroatoms. The zero-order valence-corrected chi connectivity index (χ0v) is 8.33. The largest absolute Gasteiger partial charge is 0.311 e. The van der Waals surface area contributed by atoms with Crippen molar-refractivity contribution < 1.29 is 4.39 Å². The number of nitrogens with one attached hydrogen (secondary N) is 1. The summed E-state index contributed by atoms with van der Waals surface area (Å²) in [4.78, 5) is 4.08. The van der Waals surface area contributed by atoms with E-state index in [9.17, 15) is 4.39 Å². The molecule has 0 aromatic carbocycles. The SMILES string of the molecule is CC(F)(c1ccccn1)[C@H]1CCCN1. The van der Waals surface area contributed by atoms with E-state index in [1.54, 1.807) is 19.2 Å². The van der Waals surface area contributed by atoms with Gasteiger partial charge in [0.05, 0.1) is 5.69 Å². The lowest BCUT2D eigenvalue weighted by Crippen LogP contribution is -2.40. The Morgan fingerprint density at radius 3 is 3.00 bits per heavy atom. The number of nitrogens with zero attached hydrogens (tertiary/aromatic N) is 1. The van der Waals surface area contributed by atoms with Crippen molar-refractivity contribution in [3.8, 4) is 0 Å². The monoisotopic (exact) mass is 194 g/mol. The van der Waals surface area contributed by atoms with Gasteiger partial charge in [0.2, 0.25) is 0 Å². The lowest BCUT2D eigenvalue weighted by atomic mass is 9.93. The van der Waals surface area contributed by atoms with Crippen LogP contribution in [0.4, 0.5) is 4.39 Å². The van der Waals surface area contributed by atoms with E-state index in [1.165, 1.54) is 0 Å². The average molecular weight is 194 g/mol. The summed E-state index contributed by atoms with van der Waals surface area (Å²) in [6.45, 7) is 2.52. The molecule has 1 unspecified atom stereocenters. The highest BCUT2D eigenvalue weighted by Gasteiger charge is 2.38. The van der Waals surface area contributed by atoms with Gasteiger partial charge in [0.1, 0.15) is 0 Å². The van der Waals surface area contributed by atoms with Crippen LogP contribution in [0.25, 0.3) is 0 Å². The van der Waals surface area contributed by atoms with Gasteiger partial charge in [-0.1, -0.05) is 6.07 Å². The summed E-state index contributed by atoms with van der Waals surface area (Å²) < 4.78 is 14.4. The van der Waals surface area contributed by atoms with Gasteiger partial charge in [-0.3, -0.25) is 4.98 Å². The van der Waals surface area contributed by atoms with Gasteiger partial charge in [0.15, 0.2) is 5.67 Å². The van der Waals surface area contributed by atoms with E-state index in [2.05, 4.69) is 10.3 Å². The van der Waals surface area contributed by atoms with Crippen molar-refractivity contribution in [2.75, 3.05) is 6.54 Å². The van der Waals surface area contributed by atoms with Crippen LogP contribution >= 0.6 is 0 Å². The van der Waals surface area contributed by atoms with Gasteiger partial charge >= 0.3 is 0 Å². The summed E-state index contributed by atoms with van der Waals surface area (Å²) in [7, 11) is 0. The maximum Gasteiger partial charge on any atom is 0.165 e. The number of halogens is 1. The first-order valence-electron chi connectivity index (χ1n) is 5.05. The number of hydrogen-bond donors (Lipinski definition) is 1. The number of hydrogen-bond acceptors (Lipinski definition) is 2. The minimum Gasteiger partial charge on any atom is -0.311 e. The molecule has 1 N–H and O–H groups in total. The molecule has 0 aliphatic carbocycles. The fourth-order valence-electron chi connectivity index (χ4n) is 1.98. The number of rotatable bonds is 2. The minimum absolute atomic E-state index is 0.0857. The molecule has 0 amide bonds. The minimum atomic E-state index is -1.35. The lowest BCUT2D eigenvalue weighted by Gasteiger charge is -2.26. The van der Waals surface area contributed by atoms with Crippen molar-refractivity contribution in [3.05, 3.63) is 30.1 Å². The molecule has 1 aliphatic heterocycles. The second-order valence-corrected chi connectivity index (χ2v) is 3.94. The third-order valence-electron chi connectivity index (χ3n) is 2.88. The normalized spacial score (nSPS) is 26.0. The fraction of sp³-hybridized carbons (Fsp3) is 0.545. The molecule has 76 valence electrons. The molecule has 1 aromatic heterocycles. The summed E-state index contributed by atoms with van der Waals surface area (Å²) >= 11 is 0. The molecule has 1 saturated heterocycles. The van der Waals surface area contributed by atoms with Gasteiger partial charge in [-0.25, -0.2) is 4.39 Å². The summed E-state index contributed by atoms with van der Waals surface area (Å²) in [5.41, 5.74) is -0.822. The lowest BCUT2D eigenvalue weighted by molar-refractivity contribution is 0.131. The Morgan fingerprint density at radius 1 is 1.57 bits per heavy atom. The van der Waals surface area contributed by atoms with Crippen molar-refractivity contribution in [1.82, 2.24) is 10.3 Å². The number of pyridine rings is 1. The highest BCUT2D eigenvalue weighted by molar-refractivity contribution is 5.15. The molecular formula is C11H15FN2. The Kier molecular flexibility index (Phi) is 2.50. The summed E-state index contributed by atoms with van der Waals surface area (Å²) in [5.74, 6) is 0. The predicted octanol–water partition coefficient (Wildman–Crippen LogP) is 2.02. The molecule has 1 aliphatic rings. The van der Waals surface area contributed by atoms with E-state index >= 15 is 0 Å². The molecule has 0 bridgehead atoms. The van der Waals surface area contributed by atoms with Crippen LogP contribution in [0.15, 0.2) is 24.4 Å². The van der Waals surface area contributed by atoms with Gasteiger partial charge in [0.25, 0.3) is 0 Å². The van der Waals surface area contributed by atoms with Gasteiger partial charge in [-0.2, -0.15) is 0 Å². The predicted molar refractivity (Wildman–Crippen MR) is 53.7 cm³/mol. The average Bonchev–Trinajstić information content (AvgIpc) is 2.72. The molecule has 2 atom stereocenters. The van der Waals surface area contributed by atoms with E-state index in [1.807, 2.05) is 12.1 Å². The topological polar surface area (TPSA) is 24.9 Å². The van der Waals surface area contributed by atoms with Crippen molar-refractivity contribution in [1.29, 1.82) is 0 Å². The van der Waals surface area contributed by atoms with E-state index in [-0.39, 0.29) is 6.04 Å². The third-order valence-corrected chi connectivity index (χ3v) is 2.88. The van der Waals surface area contributed by atoms with Gasteiger partial charge in [-0.15, -0.1) is 0 Å². The molecule has 2 nitrogen and oxygen atoms in total. The second kappa shape index (κ2) is 3.65. The first-order valence-corrected chi connectivity index (χ1v) is 5.05. The summed E-state index contributed by atoms with van der Waals surface area (Å²) in [6, 6.07) is 5.30. The molecule has 1 aromatic rings. The summed E-state index contributed by atoms with van der Waals surface area (Å²) in [6.07, 6.45) is 3.59. The highest BCUT2D eigenvalue weighted by Crippen LogP contribution is 2.31. The van der Waals surface area contributed by atoms with Gasteiger partial charge in [-0.05, 0) is 38.4 Å². The zero-order valence-electron chi connectivity index (χ0n) is 8.33. The van der Waals surface area contributed by atoms with Crippen LogP contribution in [0.3, 0.4) is 0 Å². The molecule has 0 radical (unpaired) electrons. The molecule has 0 saturated carbocycles. The van der Waals surface area contributed by atoms with E-state index in [0.717, 1.165) is 19.4 Å². The molecular weight excluding hydrogens is 179 g/mol. The Bertz CT molecular complexity index is 291. The van der Waals surface area contributed by atoms with Crippen molar-refractivity contribution in [2.24, 2.45) is 0 Å². The smallest absolute Gasteiger partial charge is 0.165 e. The number of alkyl halides is 1. The van der Waals surface area contributed by atoms with Crippen LogP contribution in [0.2, 0.25) is 0 Å². The van der Waals surface area contributed by atoms with Gasteiger partial charge in [0, 0.05) is 12.2 Å². The van der Waals surface area contributed by atoms with Crippen LogP contribution in [0.5, 0.6) is 0 Å². The van der Waals surface area contributed by atoms with Crippen molar-refractivity contribution >= 4 is 0 Å². The molecule has 1 fully saturated rings. The van der Waals surface area contributed by atoms with E-state index in [4.69, 9.17) is 0 Å². The van der Waals surface area contributed by atoms with Crippen molar-refractivity contribution in [2.45, 2.75) is 31.5 Å². The standard InChI is InChI=1S/C11H15FN2/c1-11(12,10-6-4-8-14-10)9-5-2-3-7-13-9/h2-3,5,7,10,14H,4,6,8H2,1H3/t10-,11?/m1/s1. The van der Waals surface area contributed by atoms with Crippen LogP contribution in [0.1, 0.15) is 25.5 Å². The highest BCUT2D eigenvalue weighted by atomic mass is 19.1. The van der Waals surface area contributed by atoms with Crippen LogP contribution in [-0.2, 0) is 5.67 Å². The van der Waals surface area contributed by atoms with Crippen LogP contribution in [-0.4, -0.2) is 17.6 Å². The molecule has 2 heterocycles. The maximum atomic E-state index is 14.4. The third kappa shape index (κ3) is 1.64. The second-order valence-electron chi connectivity index (χ2n) is 3.94. The van der Waals surface area contributed by atoms with Crippen LogP contribution in [0, 0.1) is 0 Å². The first-order chi connectivity index (χ1) is 6.71. The quantitative estimate of drug-likeness (QED) is 0.779. The van der Waals surface area contributed by atoms with Crippen LogP contribution < -0.4 is 5.32 Å². The molecule has 0 spiro atoms. The van der Waals surface area contributed by atoms with Gasteiger partial charge < -0.3 is 5.32 Å². The van der Waals surface area contributed by atoms with E-state index in [0.29, 0.717) is 5.69 Å². The molecule has 2 rings (SSSR count). The summed E-state index contributed by atoms with van der Waals surface area (Å²) in [5, 5.41) is 3.18. The van der Waals surface area contributed by atoms with E-state index < -0.39 is 5.67 Å². The first kappa shape index (κ1) is 9.59. The Labute approximate surface area is 83.6 Å². The number of aromatic nitrogens is 1. The van der Waals surface area contributed by atoms with Crippen molar-refractivity contribution in [3.63, 3.8) is 0 Å². The zero-order chi connectivity index (χ0) is 10.0. The molecule has 14 heavy (non-hydrogen) atoms.